The molecule has 0 fully saturated rings. The van der Waals surface area contributed by atoms with Crippen LogP contribution >= 0.6 is 0 Å². The normalized spacial score (nSPS) is 11.7. The van der Waals surface area contributed by atoms with Gasteiger partial charge in [0, 0.05) is 45.0 Å². The van der Waals surface area contributed by atoms with Crippen LogP contribution in [0.3, 0.4) is 0 Å². The molecule has 21 heavy (non-hydrogen) atoms. The minimum Gasteiger partial charge on any atom is -0.383 e. The second-order valence-electron chi connectivity index (χ2n) is 6.15. The Morgan fingerprint density at radius 2 is 1.67 bits per heavy atom. The van der Waals surface area contributed by atoms with Crippen LogP contribution < -0.4 is 10.6 Å². The van der Waals surface area contributed by atoms with Gasteiger partial charge in [0.2, 0.25) is 0 Å². The number of aromatic nitrogens is 1. The van der Waals surface area contributed by atoms with Crippen LogP contribution in [0.15, 0.2) is 12.1 Å². The van der Waals surface area contributed by atoms with E-state index in [4.69, 9.17) is 20.2 Å². The van der Waals surface area contributed by atoms with Crippen molar-refractivity contribution in [1.82, 2.24) is 4.98 Å². The third-order valence-electron chi connectivity index (χ3n) is 3.33. The van der Waals surface area contributed by atoms with Gasteiger partial charge in [-0.15, -0.1) is 0 Å². The first-order chi connectivity index (χ1) is 9.92. The molecule has 120 valence electrons. The molecular formula is C16H29N3O2. The summed E-state index contributed by atoms with van der Waals surface area (Å²) in [6.07, 6.45) is 0. The number of methoxy groups -OCH3 is 2. The van der Waals surface area contributed by atoms with Gasteiger partial charge in [-0.05, 0) is 17.7 Å². The Morgan fingerprint density at radius 3 is 2.10 bits per heavy atom. The Balaban J connectivity index is 3.09. The van der Waals surface area contributed by atoms with Gasteiger partial charge < -0.3 is 20.1 Å². The molecular weight excluding hydrogens is 266 g/mol. The maximum Gasteiger partial charge on any atom is 0.129 e. The lowest BCUT2D eigenvalue weighted by Crippen LogP contribution is -2.32. The molecule has 0 saturated heterocycles. The summed E-state index contributed by atoms with van der Waals surface area (Å²) in [7, 11) is 3.41. The van der Waals surface area contributed by atoms with Gasteiger partial charge in [0.05, 0.1) is 13.2 Å². The molecule has 0 amide bonds. The molecule has 0 radical (unpaired) electrons. The van der Waals surface area contributed by atoms with Gasteiger partial charge in [0.1, 0.15) is 5.82 Å². The van der Waals surface area contributed by atoms with Crippen molar-refractivity contribution in [3.05, 3.63) is 23.4 Å². The Hall–Kier alpha value is -1.17. The molecule has 0 aliphatic rings. The molecule has 1 heterocycles. The largest absolute Gasteiger partial charge is 0.383 e. The number of anilines is 1. The van der Waals surface area contributed by atoms with Crippen LogP contribution in [-0.2, 0) is 21.4 Å². The van der Waals surface area contributed by atoms with Gasteiger partial charge in [0.15, 0.2) is 0 Å². The van der Waals surface area contributed by atoms with Crippen LogP contribution in [0.1, 0.15) is 32.0 Å². The number of ether oxygens (including phenoxy) is 2. The minimum absolute atomic E-state index is 0.00584. The highest BCUT2D eigenvalue weighted by atomic mass is 16.5. The molecule has 0 atom stereocenters. The van der Waals surface area contributed by atoms with Gasteiger partial charge in [-0.2, -0.15) is 0 Å². The summed E-state index contributed by atoms with van der Waals surface area (Å²) in [5.41, 5.74) is 7.99. The summed E-state index contributed by atoms with van der Waals surface area (Å²) in [4.78, 5) is 7.00. The zero-order valence-corrected chi connectivity index (χ0v) is 14.0. The van der Waals surface area contributed by atoms with E-state index in [2.05, 4.69) is 37.8 Å². The number of hydrogen-bond acceptors (Lipinski definition) is 5. The van der Waals surface area contributed by atoms with Gasteiger partial charge in [-0.1, -0.05) is 20.8 Å². The predicted molar refractivity (Wildman–Crippen MR) is 86.8 cm³/mol. The molecule has 2 N–H and O–H groups in total. The lowest BCUT2D eigenvalue weighted by atomic mass is 9.90. The highest BCUT2D eigenvalue weighted by Crippen LogP contribution is 2.24. The van der Waals surface area contributed by atoms with E-state index in [1.54, 1.807) is 14.2 Å². The molecule has 1 aromatic heterocycles. The summed E-state index contributed by atoms with van der Waals surface area (Å²) in [6, 6.07) is 4.15. The van der Waals surface area contributed by atoms with Crippen LogP contribution in [0, 0.1) is 0 Å². The maximum atomic E-state index is 5.84. The first-order valence-corrected chi connectivity index (χ1v) is 7.36. The predicted octanol–water partition coefficient (Wildman–Crippen LogP) is 1.94. The monoisotopic (exact) mass is 295 g/mol. The average Bonchev–Trinajstić information content (AvgIpc) is 2.46. The third-order valence-corrected chi connectivity index (χ3v) is 3.33. The smallest absolute Gasteiger partial charge is 0.129 e. The fraction of sp³-hybridized carbons (Fsp3) is 0.688. The van der Waals surface area contributed by atoms with E-state index in [1.807, 2.05) is 0 Å². The second-order valence-corrected chi connectivity index (χ2v) is 6.15. The van der Waals surface area contributed by atoms with E-state index in [-0.39, 0.29) is 5.41 Å². The Morgan fingerprint density at radius 1 is 1.10 bits per heavy atom. The summed E-state index contributed by atoms with van der Waals surface area (Å²) in [6.45, 7) is 9.87. The van der Waals surface area contributed by atoms with E-state index in [0.29, 0.717) is 19.8 Å². The lowest BCUT2D eigenvalue weighted by Gasteiger charge is -2.26. The van der Waals surface area contributed by atoms with Crippen molar-refractivity contribution >= 4 is 5.82 Å². The number of pyridine rings is 1. The molecule has 0 bridgehead atoms. The van der Waals surface area contributed by atoms with E-state index in [0.717, 1.165) is 30.2 Å². The summed E-state index contributed by atoms with van der Waals surface area (Å²) in [5, 5.41) is 0. The van der Waals surface area contributed by atoms with Gasteiger partial charge >= 0.3 is 0 Å². The molecule has 1 rings (SSSR count). The molecule has 0 aromatic carbocycles. The topological polar surface area (TPSA) is 60.6 Å². The van der Waals surface area contributed by atoms with Crippen LogP contribution in [0.5, 0.6) is 0 Å². The zero-order valence-electron chi connectivity index (χ0n) is 14.0. The Labute approximate surface area is 128 Å². The first-order valence-electron chi connectivity index (χ1n) is 7.36. The summed E-state index contributed by atoms with van der Waals surface area (Å²) >= 11 is 0. The molecule has 5 nitrogen and oxygen atoms in total. The highest BCUT2D eigenvalue weighted by molar-refractivity contribution is 5.44. The number of nitrogens with two attached hydrogens (primary N) is 1. The fourth-order valence-corrected chi connectivity index (χ4v) is 1.98. The van der Waals surface area contributed by atoms with E-state index in [1.165, 1.54) is 0 Å². The molecule has 5 heteroatoms. The molecule has 0 spiro atoms. The van der Waals surface area contributed by atoms with Gasteiger partial charge in [0.25, 0.3) is 0 Å². The van der Waals surface area contributed by atoms with Crippen molar-refractivity contribution in [2.75, 3.05) is 45.4 Å². The quantitative estimate of drug-likeness (QED) is 0.794. The molecule has 1 aromatic rings. The Kier molecular flexibility index (Phi) is 7.08. The lowest BCUT2D eigenvalue weighted by molar-refractivity contribution is 0.190. The van der Waals surface area contributed by atoms with Crippen molar-refractivity contribution in [2.24, 2.45) is 5.73 Å². The van der Waals surface area contributed by atoms with Crippen LogP contribution in [0.2, 0.25) is 0 Å². The number of rotatable bonds is 8. The highest BCUT2D eigenvalue weighted by Gasteiger charge is 2.19. The fourth-order valence-electron chi connectivity index (χ4n) is 1.98. The van der Waals surface area contributed by atoms with E-state index < -0.39 is 0 Å². The Bertz CT molecular complexity index is 422. The molecule has 0 aliphatic heterocycles. The standard InChI is InChI=1S/C16H29N3O2/c1-16(2,3)14-10-13(12-17)11-15(18-14)19(6-8-20-4)7-9-21-5/h10-11H,6-9,12,17H2,1-5H3. The van der Waals surface area contributed by atoms with Crippen molar-refractivity contribution in [2.45, 2.75) is 32.7 Å². The molecule has 0 unspecified atom stereocenters. The molecule has 0 aliphatic carbocycles. The van der Waals surface area contributed by atoms with Crippen molar-refractivity contribution < 1.29 is 9.47 Å². The van der Waals surface area contributed by atoms with E-state index >= 15 is 0 Å². The number of hydrogen-bond donors (Lipinski definition) is 1. The van der Waals surface area contributed by atoms with Gasteiger partial charge in [-0.3, -0.25) is 0 Å². The zero-order chi connectivity index (χ0) is 15.9. The summed E-state index contributed by atoms with van der Waals surface area (Å²) < 4.78 is 10.4. The number of nitrogens with zero attached hydrogens (tertiary/aromatic N) is 2. The maximum absolute atomic E-state index is 5.84. The minimum atomic E-state index is -0.00584. The van der Waals surface area contributed by atoms with Crippen molar-refractivity contribution in [1.29, 1.82) is 0 Å². The average molecular weight is 295 g/mol. The first kappa shape index (κ1) is 17.9. The van der Waals surface area contributed by atoms with Crippen molar-refractivity contribution in [3.63, 3.8) is 0 Å². The molecule has 0 saturated carbocycles. The van der Waals surface area contributed by atoms with E-state index in [9.17, 15) is 0 Å². The third kappa shape index (κ3) is 5.61. The van der Waals surface area contributed by atoms with Crippen LogP contribution in [0.4, 0.5) is 5.82 Å². The van der Waals surface area contributed by atoms with Crippen LogP contribution in [-0.4, -0.2) is 45.5 Å². The summed E-state index contributed by atoms with van der Waals surface area (Å²) in [5.74, 6) is 0.942. The second kappa shape index (κ2) is 8.32. The van der Waals surface area contributed by atoms with Crippen LogP contribution in [0.25, 0.3) is 0 Å². The van der Waals surface area contributed by atoms with Crippen molar-refractivity contribution in [3.8, 4) is 0 Å². The van der Waals surface area contributed by atoms with Gasteiger partial charge in [-0.25, -0.2) is 4.98 Å². The SMILES string of the molecule is COCCN(CCOC)c1cc(CN)cc(C(C)(C)C)n1.